The molecule has 0 spiro atoms. The quantitative estimate of drug-likeness (QED) is 0.563. The summed E-state index contributed by atoms with van der Waals surface area (Å²) < 4.78 is 0. The topological polar surface area (TPSA) is 3.24 Å². The summed E-state index contributed by atoms with van der Waals surface area (Å²) in [6.45, 7) is 2.52. The van der Waals surface area contributed by atoms with E-state index in [1.165, 1.54) is 31.5 Å². The van der Waals surface area contributed by atoms with E-state index in [-0.39, 0.29) is 0 Å². The molecule has 1 fully saturated rings. The van der Waals surface area contributed by atoms with Gasteiger partial charge in [0.15, 0.2) is 0 Å². The lowest BCUT2D eigenvalue weighted by atomic mass is 9.78. The molecule has 74 valence electrons. The predicted octanol–water partition coefficient (Wildman–Crippen LogP) is 2.38. The zero-order valence-electron chi connectivity index (χ0n) is 8.74. The van der Waals surface area contributed by atoms with Crippen LogP contribution in [0.15, 0.2) is 35.5 Å². The second-order valence-corrected chi connectivity index (χ2v) is 4.77. The van der Waals surface area contributed by atoms with Crippen molar-refractivity contribution < 1.29 is 0 Å². The van der Waals surface area contributed by atoms with Crippen molar-refractivity contribution in [1.29, 1.82) is 0 Å². The van der Waals surface area contributed by atoms with E-state index >= 15 is 0 Å². The fourth-order valence-corrected chi connectivity index (χ4v) is 3.09. The summed E-state index contributed by atoms with van der Waals surface area (Å²) in [5, 5.41) is 0. The lowest BCUT2D eigenvalue weighted by molar-refractivity contribution is 0.401. The molecule has 0 aromatic rings. The minimum Gasteiger partial charge on any atom is -0.305 e. The van der Waals surface area contributed by atoms with Gasteiger partial charge in [-0.3, -0.25) is 0 Å². The van der Waals surface area contributed by atoms with Gasteiger partial charge >= 0.3 is 0 Å². The van der Waals surface area contributed by atoms with Crippen LogP contribution in [-0.2, 0) is 0 Å². The first-order chi connectivity index (χ1) is 6.84. The molecule has 0 bridgehead atoms. The Kier molecular flexibility index (Phi) is 1.88. The van der Waals surface area contributed by atoms with Crippen molar-refractivity contribution in [3.05, 3.63) is 35.5 Å². The maximum Gasteiger partial charge on any atom is 0.00507 e. The van der Waals surface area contributed by atoms with Gasteiger partial charge in [0.2, 0.25) is 0 Å². The minimum absolute atomic E-state index is 0.797. The van der Waals surface area contributed by atoms with Crippen LogP contribution in [0, 0.1) is 11.8 Å². The zero-order valence-corrected chi connectivity index (χ0v) is 8.74. The Balaban J connectivity index is 1.97. The molecule has 3 aliphatic rings. The van der Waals surface area contributed by atoms with Gasteiger partial charge < -0.3 is 4.90 Å². The molecule has 3 rings (SSSR count). The molecule has 0 saturated carbocycles. The van der Waals surface area contributed by atoms with Crippen LogP contribution in [-0.4, -0.2) is 25.0 Å². The molecule has 2 unspecified atom stereocenters. The standard InChI is InChI=1S/C13H17N/c1-14-8-11-7-6-10-4-2-3-5-12(10)13(11)9-14/h2,4,6-7,11,13H,3,5,8-9H2,1H3. The van der Waals surface area contributed by atoms with Gasteiger partial charge in [0.1, 0.15) is 0 Å². The first kappa shape index (κ1) is 8.49. The van der Waals surface area contributed by atoms with Gasteiger partial charge in [-0.05, 0) is 31.4 Å². The fourth-order valence-electron chi connectivity index (χ4n) is 3.09. The van der Waals surface area contributed by atoms with Gasteiger partial charge in [0.25, 0.3) is 0 Å². The number of rotatable bonds is 0. The molecule has 0 aromatic carbocycles. The van der Waals surface area contributed by atoms with Crippen molar-refractivity contribution in [1.82, 2.24) is 4.90 Å². The highest BCUT2D eigenvalue weighted by molar-refractivity contribution is 5.43. The van der Waals surface area contributed by atoms with Crippen molar-refractivity contribution in [3.8, 4) is 0 Å². The molecule has 0 aromatic heterocycles. The Labute approximate surface area is 85.8 Å². The SMILES string of the molecule is CN1CC2C=CC3=C(CCC=C3)C2C1. The number of hydrogen-bond acceptors (Lipinski definition) is 1. The maximum atomic E-state index is 2.47. The molecular weight excluding hydrogens is 170 g/mol. The summed E-state index contributed by atoms with van der Waals surface area (Å²) in [6, 6.07) is 0. The third kappa shape index (κ3) is 1.19. The van der Waals surface area contributed by atoms with E-state index in [2.05, 4.69) is 36.3 Å². The molecule has 2 atom stereocenters. The average Bonchev–Trinajstić information content (AvgIpc) is 2.59. The van der Waals surface area contributed by atoms with Crippen LogP contribution < -0.4 is 0 Å². The number of likely N-dealkylation sites (tertiary alicyclic amines) is 1. The molecule has 1 nitrogen and oxygen atoms in total. The maximum absolute atomic E-state index is 2.47. The molecule has 2 aliphatic carbocycles. The first-order valence-corrected chi connectivity index (χ1v) is 5.61. The van der Waals surface area contributed by atoms with E-state index in [9.17, 15) is 0 Å². The third-order valence-electron chi connectivity index (χ3n) is 3.77. The summed E-state index contributed by atoms with van der Waals surface area (Å²) in [5.41, 5.74) is 3.23. The predicted molar refractivity (Wildman–Crippen MR) is 59.0 cm³/mol. The van der Waals surface area contributed by atoms with Crippen LogP contribution in [0.1, 0.15) is 12.8 Å². The molecular formula is C13H17N. The van der Waals surface area contributed by atoms with Gasteiger partial charge in [0, 0.05) is 19.0 Å². The van der Waals surface area contributed by atoms with E-state index in [1.54, 1.807) is 5.57 Å². The monoisotopic (exact) mass is 187 g/mol. The van der Waals surface area contributed by atoms with Crippen LogP contribution >= 0.6 is 0 Å². The lowest BCUT2D eigenvalue weighted by Gasteiger charge is -2.27. The Morgan fingerprint density at radius 2 is 2.21 bits per heavy atom. The highest BCUT2D eigenvalue weighted by Gasteiger charge is 2.34. The fraction of sp³-hybridized carbons (Fsp3) is 0.538. The third-order valence-corrected chi connectivity index (χ3v) is 3.77. The van der Waals surface area contributed by atoms with Crippen LogP contribution in [0.2, 0.25) is 0 Å². The van der Waals surface area contributed by atoms with Crippen molar-refractivity contribution in [2.45, 2.75) is 12.8 Å². The van der Waals surface area contributed by atoms with Crippen LogP contribution in [0.3, 0.4) is 0 Å². The molecule has 0 N–H and O–H groups in total. The van der Waals surface area contributed by atoms with Crippen LogP contribution in [0.25, 0.3) is 0 Å². The molecule has 1 heteroatoms. The van der Waals surface area contributed by atoms with Gasteiger partial charge in [0.05, 0.1) is 0 Å². The highest BCUT2D eigenvalue weighted by Crippen LogP contribution is 2.39. The Bertz CT molecular complexity index is 335. The zero-order chi connectivity index (χ0) is 9.54. The van der Waals surface area contributed by atoms with Crippen molar-refractivity contribution in [2.24, 2.45) is 11.8 Å². The van der Waals surface area contributed by atoms with E-state index in [0.717, 1.165) is 11.8 Å². The van der Waals surface area contributed by atoms with Crippen molar-refractivity contribution >= 4 is 0 Å². The second kappa shape index (κ2) is 3.09. The van der Waals surface area contributed by atoms with E-state index < -0.39 is 0 Å². The normalized spacial score (nSPS) is 36.1. The van der Waals surface area contributed by atoms with Gasteiger partial charge in [-0.2, -0.15) is 0 Å². The smallest absolute Gasteiger partial charge is 0.00507 e. The Hall–Kier alpha value is -0.820. The van der Waals surface area contributed by atoms with Crippen LogP contribution in [0.5, 0.6) is 0 Å². The first-order valence-electron chi connectivity index (χ1n) is 5.61. The highest BCUT2D eigenvalue weighted by atomic mass is 15.1. The number of allylic oxidation sites excluding steroid dienone is 4. The van der Waals surface area contributed by atoms with Crippen molar-refractivity contribution in [3.63, 3.8) is 0 Å². The molecule has 0 radical (unpaired) electrons. The molecule has 1 heterocycles. The van der Waals surface area contributed by atoms with E-state index in [1.807, 2.05) is 0 Å². The molecule has 1 saturated heterocycles. The van der Waals surface area contributed by atoms with Gasteiger partial charge in [-0.15, -0.1) is 0 Å². The van der Waals surface area contributed by atoms with E-state index in [0.29, 0.717) is 0 Å². The molecule has 14 heavy (non-hydrogen) atoms. The molecule has 1 aliphatic heterocycles. The van der Waals surface area contributed by atoms with Crippen LogP contribution in [0.4, 0.5) is 0 Å². The Morgan fingerprint density at radius 3 is 3.14 bits per heavy atom. The summed E-state index contributed by atoms with van der Waals surface area (Å²) in [5.74, 6) is 1.62. The number of nitrogens with zero attached hydrogens (tertiary/aromatic N) is 1. The second-order valence-electron chi connectivity index (χ2n) is 4.77. The van der Waals surface area contributed by atoms with Gasteiger partial charge in [-0.1, -0.05) is 29.9 Å². The lowest BCUT2D eigenvalue weighted by Crippen LogP contribution is -2.19. The van der Waals surface area contributed by atoms with Crippen molar-refractivity contribution in [2.75, 3.05) is 20.1 Å². The molecule has 0 amide bonds. The number of hydrogen-bond donors (Lipinski definition) is 0. The van der Waals surface area contributed by atoms with Gasteiger partial charge in [-0.25, -0.2) is 0 Å². The summed E-state index contributed by atoms with van der Waals surface area (Å²) in [7, 11) is 2.24. The number of fused-ring (bicyclic) bond motifs is 2. The minimum atomic E-state index is 0.797. The summed E-state index contributed by atoms with van der Waals surface area (Å²) in [4.78, 5) is 2.47. The average molecular weight is 187 g/mol. The van der Waals surface area contributed by atoms with E-state index in [4.69, 9.17) is 0 Å². The Morgan fingerprint density at radius 1 is 1.29 bits per heavy atom. The summed E-state index contributed by atoms with van der Waals surface area (Å²) >= 11 is 0. The summed E-state index contributed by atoms with van der Waals surface area (Å²) in [6.07, 6.45) is 11.9. The largest absolute Gasteiger partial charge is 0.305 e.